The lowest BCUT2D eigenvalue weighted by Gasteiger charge is -2.42. The van der Waals surface area contributed by atoms with E-state index in [0.29, 0.717) is 24.5 Å². The zero-order valence-electron chi connectivity index (χ0n) is 22.7. The van der Waals surface area contributed by atoms with Crippen LogP contribution in [0, 0.1) is 17.8 Å². The maximum absolute atomic E-state index is 12.9. The highest BCUT2D eigenvalue weighted by atomic mass is 16.3. The van der Waals surface area contributed by atoms with Gasteiger partial charge in [0.05, 0.1) is 6.10 Å². The molecular formula is C31H46N2O4. The Labute approximate surface area is 222 Å². The van der Waals surface area contributed by atoms with Crippen molar-refractivity contribution in [3.63, 3.8) is 0 Å². The minimum atomic E-state index is -0.391. The van der Waals surface area contributed by atoms with Crippen molar-refractivity contribution >= 4 is 11.7 Å². The lowest BCUT2D eigenvalue weighted by molar-refractivity contribution is -0.134. The average molecular weight is 511 g/mol. The normalized spacial score (nSPS) is 26.0. The third kappa shape index (κ3) is 7.43. The number of carbonyl (C=O) groups is 2. The summed E-state index contributed by atoms with van der Waals surface area (Å²) in [6.45, 7) is 4.38. The molecule has 37 heavy (non-hydrogen) atoms. The number of nitrogens with zero attached hydrogens (tertiary/aromatic N) is 2. The number of hydrogen-bond donors (Lipinski definition) is 1. The van der Waals surface area contributed by atoms with E-state index in [-0.39, 0.29) is 29.2 Å². The number of amides is 1. The summed E-state index contributed by atoms with van der Waals surface area (Å²) >= 11 is 0. The molecule has 4 rings (SSSR count). The Bertz CT molecular complexity index is 999. The minimum Gasteiger partial charge on any atom is -0.389 e. The first-order valence-corrected chi connectivity index (χ1v) is 14.8. The van der Waals surface area contributed by atoms with E-state index in [1.807, 2.05) is 27.7 Å². The molecule has 1 amide bonds. The van der Waals surface area contributed by atoms with Crippen molar-refractivity contribution in [1.82, 2.24) is 9.47 Å². The molecule has 1 aliphatic carbocycles. The van der Waals surface area contributed by atoms with Gasteiger partial charge in [-0.2, -0.15) is 0 Å². The fourth-order valence-corrected chi connectivity index (χ4v) is 6.76. The van der Waals surface area contributed by atoms with Gasteiger partial charge in [-0.05, 0) is 50.0 Å². The number of hydrogen-bond acceptors (Lipinski definition) is 4. The van der Waals surface area contributed by atoms with Gasteiger partial charge in [-0.15, -0.1) is 0 Å². The largest absolute Gasteiger partial charge is 0.389 e. The molecule has 2 bridgehead atoms. The number of aromatic nitrogens is 1. The van der Waals surface area contributed by atoms with Crippen LogP contribution < -0.4 is 5.56 Å². The molecule has 6 nitrogen and oxygen atoms in total. The van der Waals surface area contributed by atoms with Gasteiger partial charge in [-0.25, -0.2) is 0 Å². The van der Waals surface area contributed by atoms with E-state index in [2.05, 4.69) is 13.0 Å². The average Bonchev–Trinajstić information content (AvgIpc) is 3.24. The zero-order chi connectivity index (χ0) is 26.2. The molecule has 6 heteroatoms. The molecule has 1 saturated heterocycles. The molecule has 1 aromatic heterocycles. The molecule has 0 aromatic carbocycles. The van der Waals surface area contributed by atoms with Crippen LogP contribution in [0.1, 0.15) is 102 Å². The van der Waals surface area contributed by atoms with Crippen LogP contribution in [0.25, 0.3) is 0 Å². The first-order chi connectivity index (χ1) is 18.0. The van der Waals surface area contributed by atoms with Crippen LogP contribution in [-0.4, -0.2) is 45.5 Å². The first-order valence-electron chi connectivity index (χ1n) is 14.8. The lowest BCUT2D eigenvalue weighted by Crippen LogP contribution is -2.49. The predicted molar refractivity (Wildman–Crippen MR) is 146 cm³/mol. The van der Waals surface area contributed by atoms with Gasteiger partial charge < -0.3 is 14.6 Å². The number of aliphatic hydroxyl groups excluding tert-OH is 1. The molecule has 3 heterocycles. The molecule has 5 atom stereocenters. The number of ketones is 1. The number of allylic oxidation sites excluding steroid dienone is 1. The van der Waals surface area contributed by atoms with Gasteiger partial charge >= 0.3 is 0 Å². The second-order valence-corrected chi connectivity index (χ2v) is 11.7. The van der Waals surface area contributed by atoms with E-state index in [1.54, 1.807) is 6.07 Å². The van der Waals surface area contributed by atoms with Gasteiger partial charge in [0.25, 0.3) is 5.56 Å². The molecule has 204 valence electrons. The Morgan fingerprint density at radius 1 is 1.08 bits per heavy atom. The van der Waals surface area contributed by atoms with Crippen LogP contribution in [0.5, 0.6) is 0 Å². The van der Waals surface area contributed by atoms with Crippen LogP contribution in [-0.2, 0) is 16.1 Å². The highest BCUT2D eigenvalue weighted by molar-refractivity contribution is 5.83. The number of pyridine rings is 1. The topological polar surface area (TPSA) is 79.6 Å². The van der Waals surface area contributed by atoms with Crippen molar-refractivity contribution < 1.29 is 14.7 Å². The van der Waals surface area contributed by atoms with Gasteiger partial charge in [-0.1, -0.05) is 63.7 Å². The molecule has 1 N–H and O–H groups in total. The van der Waals surface area contributed by atoms with Gasteiger partial charge in [0.15, 0.2) is 0 Å². The number of unbranched alkanes of at least 4 members (excludes halogenated alkanes) is 5. The Morgan fingerprint density at radius 3 is 2.76 bits per heavy atom. The Balaban J connectivity index is 1.14. The van der Waals surface area contributed by atoms with Crippen LogP contribution in [0.4, 0.5) is 0 Å². The molecular weight excluding hydrogens is 464 g/mol. The predicted octanol–water partition coefficient (Wildman–Crippen LogP) is 5.23. The van der Waals surface area contributed by atoms with Crippen LogP contribution in [0.3, 0.4) is 0 Å². The molecule has 1 aromatic rings. The fourth-order valence-electron chi connectivity index (χ4n) is 6.76. The summed E-state index contributed by atoms with van der Waals surface area (Å²) in [5.41, 5.74) is 1.16. The second kappa shape index (κ2) is 13.5. The van der Waals surface area contributed by atoms with Crippen molar-refractivity contribution in [1.29, 1.82) is 0 Å². The van der Waals surface area contributed by atoms with Gasteiger partial charge in [-0.3, -0.25) is 14.4 Å². The molecule has 0 spiro atoms. The summed E-state index contributed by atoms with van der Waals surface area (Å²) in [5.74, 6) is 1.64. The summed E-state index contributed by atoms with van der Waals surface area (Å²) in [7, 11) is 0. The zero-order valence-corrected chi connectivity index (χ0v) is 22.7. The SMILES string of the molecule is CCCCC[C@H](O)C=C[C@H]1CCC(=O)[C@@H]1CCCCCCC(=O)N1CC2CC(C1)c1cccc(=O)n1C2. The molecule has 1 saturated carbocycles. The molecule has 2 aliphatic heterocycles. The van der Waals surface area contributed by atoms with Gasteiger partial charge in [0.1, 0.15) is 5.78 Å². The Kier molecular flexibility index (Phi) is 10.2. The van der Waals surface area contributed by atoms with Crippen molar-refractivity contribution in [3.8, 4) is 0 Å². The summed E-state index contributed by atoms with van der Waals surface area (Å²) in [6, 6.07) is 5.51. The minimum absolute atomic E-state index is 0.0774. The third-order valence-electron chi connectivity index (χ3n) is 8.83. The molecule has 3 aliphatic rings. The Hall–Kier alpha value is -2.21. The van der Waals surface area contributed by atoms with Gasteiger partial charge in [0.2, 0.25) is 5.91 Å². The molecule has 2 fully saturated rings. The van der Waals surface area contributed by atoms with Gasteiger partial charge in [0, 0.05) is 56.1 Å². The van der Waals surface area contributed by atoms with E-state index >= 15 is 0 Å². The van der Waals surface area contributed by atoms with E-state index < -0.39 is 6.10 Å². The second-order valence-electron chi connectivity index (χ2n) is 11.7. The maximum Gasteiger partial charge on any atom is 0.250 e. The monoisotopic (exact) mass is 510 g/mol. The number of rotatable bonds is 13. The van der Waals surface area contributed by atoms with Crippen LogP contribution in [0.2, 0.25) is 0 Å². The van der Waals surface area contributed by atoms with E-state index in [9.17, 15) is 19.5 Å². The van der Waals surface area contributed by atoms with E-state index in [1.165, 1.54) is 0 Å². The van der Waals surface area contributed by atoms with Crippen LogP contribution >= 0.6 is 0 Å². The number of carbonyl (C=O) groups excluding carboxylic acids is 2. The summed E-state index contributed by atoms with van der Waals surface area (Å²) in [5, 5.41) is 10.2. The number of fused-ring (bicyclic) bond motifs is 4. The van der Waals surface area contributed by atoms with Crippen LogP contribution in [0.15, 0.2) is 35.1 Å². The first kappa shape index (κ1) is 27.8. The maximum atomic E-state index is 12.9. The van der Waals surface area contributed by atoms with Crippen molar-refractivity contribution in [2.24, 2.45) is 17.8 Å². The standard InChI is InChI=1S/C31H46N2O4/c1-2-3-6-10-26(34)17-15-24-16-18-29(35)27(24)11-7-4-5-8-13-30(36)32-20-23-19-25(22-32)28-12-9-14-31(37)33(28)21-23/h9,12,14-15,17,23-27,34H,2-8,10-11,13,16,18-22H2,1H3/t23?,24-,25?,26-,27+/m0/s1. The quantitative estimate of drug-likeness (QED) is 0.291. The number of likely N-dealkylation sites (tertiary alicyclic amines) is 1. The third-order valence-corrected chi connectivity index (χ3v) is 8.83. The van der Waals surface area contributed by atoms with Crippen molar-refractivity contribution in [3.05, 3.63) is 46.4 Å². The summed E-state index contributed by atoms with van der Waals surface area (Å²) in [4.78, 5) is 39.6. The smallest absolute Gasteiger partial charge is 0.250 e. The Morgan fingerprint density at radius 2 is 1.92 bits per heavy atom. The van der Waals surface area contributed by atoms with Crippen molar-refractivity contribution in [2.75, 3.05) is 13.1 Å². The number of aliphatic hydroxyl groups is 1. The van der Waals surface area contributed by atoms with Crippen molar-refractivity contribution in [2.45, 2.75) is 109 Å². The highest BCUT2D eigenvalue weighted by Crippen LogP contribution is 2.36. The molecule has 2 unspecified atom stereocenters. The number of piperidine rings is 1. The summed E-state index contributed by atoms with van der Waals surface area (Å²) < 4.78 is 1.91. The number of Topliss-reactive ketones (excluding diaryl/α,β-unsaturated/α-hetero) is 1. The summed E-state index contributed by atoms with van der Waals surface area (Å²) in [6.07, 6.45) is 15.9. The fraction of sp³-hybridized carbons (Fsp3) is 0.710. The lowest BCUT2D eigenvalue weighted by atomic mass is 9.83. The van der Waals surface area contributed by atoms with E-state index in [4.69, 9.17) is 0 Å². The van der Waals surface area contributed by atoms with E-state index in [0.717, 1.165) is 96.0 Å². The highest BCUT2D eigenvalue weighted by Gasteiger charge is 2.36. The molecule has 0 radical (unpaired) electrons.